The number of esters is 1. The molecule has 0 aromatic heterocycles. The number of ether oxygens (including phenoxy) is 2. The first-order chi connectivity index (χ1) is 14.3. The summed E-state index contributed by atoms with van der Waals surface area (Å²) < 4.78 is 10.7. The summed E-state index contributed by atoms with van der Waals surface area (Å²) in [4.78, 5) is 36.2. The van der Waals surface area contributed by atoms with E-state index in [1.54, 1.807) is 0 Å². The summed E-state index contributed by atoms with van der Waals surface area (Å²) in [5, 5.41) is 5.26. The molecule has 30 heavy (non-hydrogen) atoms. The Morgan fingerprint density at radius 1 is 0.933 bits per heavy atom. The largest absolute Gasteiger partial charge is 0.493 e. The number of amides is 2. The van der Waals surface area contributed by atoms with E-state index in [0.29, 0.717) is 5.75 Å². The van der Waals surface area contributed by atoms with Crippen molar-refractivity contribution in [1.82, 2.24) is 5.32 Å². The van der Waals surface area contributed by atoms with E-state index < -0.39 is 18.0 Å². The summed E-state index contributed by atoms with van der Waals surface area (Å²) in [6.07, 6.45) is -0.997. The van der Waals surface area contributed by atoms with Gasteiger partial charge in [-0.05, 0) is 50.5 Å². The summed E-state index contributed by atoms with van der Waals surface area (Å²) in [5.41, 5.74) is 3.57. The molecule has 0 aliphatic heterocycles. The maximum absolute atomic E-state index is 12.1. The summed E-state index contributed by atoms with van der Waals surface area (Å²) >= 11 is 0. The standard InChI is InChI=1S/C23H28N2O5/c1-15-8-5-6-11-19(15)29-13-12-21(27)30-18(4)23(28)24-14-20(26)25-22-16(2)9-7-10-17(22)3/h5-11,18H,12-14H2,1-4H3,(H,24,28)(H,25,26). The highest BCUT2D eigenvalue weighted by molar-refractivity contribution is 5.96. The van der Waals surface area contributed by atoms with Crippen molar-refractivity contribution in [2.75, 3.05) is 18.5 Å². The molecule has 7 nitrogen and oxygen atoms in total. The molecule has 2 aromatic carbocycles. The highest BCUT2D eigenvalue weighted by Crippen LogP contribution is 2.19. The van der Waals surface area contributed by atoms with Crippen LogP contribution in [0.4, 0.5) is 5.69 Å². The van der Waals surface area contributed by atoms with Gasteiger partial charge in [0.25, 0.3) is 5.91 Å². The minimum absolute atomic E-state index is 0.0129. The average Bonchev–Trinajstić information content (AvgIpc) is 2.70. The van der Waals surface area contributed by atoms with Crippen molar-refractivity contribution < 1.29 is 23.9 Å². The molecule has 0 spiro atoms. The number of carbonyl (C=O) groups excluding carboxylic acids is 3. The van der Waals surface area contributed by atoms with E-state index in [-0.39, 0.29) is 25.5 Å². The minimum atomic E-state index is -1.01. The number of rotatable bonds is 9. The Bertz CT molecular complexity index is 890. The first-order valence-electron chi connectivity index (χ1n) is 9.79. The fraction of sp³-hybridized carbons (Fsp3) is 0.348. The minimum Gasteiger partial charge on any atom is -0.493 e. The zero-order valence-electron chi connectivity index (χ0n) is 17.8. The number of carbonyl (C=O) groups is 3. The Labute approximate surface area is 176 Å². The summed E-state index contributed by atoms with van der Waals surface area (Å²) in [6.45, 7) is 7.09. The number of benzene rings is 2. The fourth-order valence-electron chi connectivity index (χ4n) is 2.78. The van der Waals surface area contributed by atoms with Gasteiger partial charge in [-0.3, -0.25) is 14.4 Å². The van der Waals surface area contributed by atoms with E-state index in [2.05, 4.69) is 10.6 Å². The van der Waals surface area contributed by atoms with Crippen molar-refractivity contribution in [2.45, 2.75) is 40.2 Å². The van der Waals surface area contributed by atoms with E-state index in [0.717, 1.165) is 22.4 Å². The number of aryl methyl sites for hydroxylation is 3. The van der Waals surface area contributed by atoms with Crippen LogP contribution in [-0.2, 0) is 19.1 Å². The Morgan fingerprint density at radius 2 is 1.57 bits per heavy atom. The lowest BCUT2D eigenvalue weighted by Gasteiger charge is -2.15. The van der Waals surface area contributed by atoms with Gasteiger partial charge in [0, 0.05) is 5.69 Å². The normalized spacial score (nSPS) is 11.3. The van der Waals surface area contributed by atoms with Crippen LogP contribution < -0.4 is 15.4 Å². The predicted octanol–water partition coefficient (Wildman–Crippen LogP) is 3.07. The third-order valence-electron chi connectivity index (χ3n) is 4.50. The molecule has 0 radical (unpaired) electrons. The number of hydrogen-bond acceptors (Lipinski definition) is 5. The number of nitrogens with one attached hydrogen (secondary N) is 2. The third kappa shape index (κ3) is 6.92. The summed E-state index contributed by atoms with van der Waals surface area (Å²) in [7, 11) is 0. The second-order valence-corrected chi connectivity index (χ2v) is 7.03. The molecule has 0 saturated carbocycles. The zero-order valence-corrected chi connectivity index (χ0v) is 17.8. The quantitative estimate of drug-likeness (QED) is 0.618. The lowest BCUT2D eigenvalue weighted by atomic mass is 10.1. The van der Waals surface area contributed by atoms with E-state index in [1.165, 1.54) is 6.92 Å². The Morgan fingerprint density at radius 3 is 2.23 bits per heavy atom. The number of anilines is 1. The smallest absolute Gasteiger partial charge is 0.310 e. The van der Waals surface area contributed by atoms with E-state index in [4.69, 9.17) is 9.47 Å². The molecule has 0 aliphatic carbocycles. The van der Waals surface area contributed by atoms with Crippen molar-refractivity contribution >= 4 is 23.5 Å². The lowest BCUT2D eigenvalue weighted by molar-refractivity contribution is -0.155. The fourth-order valence-corrected chi connectivity index (χ4v) is 2.78. The SMILES string of the molecule is Cc1ccccc1OCCC(=O)OC(C)C(=O)NCC(=O)Nc1c(C)cccc1C. The monoisotopic (exact) mass is 412 g/mol. The molecule has 2 N–H and O–H groups in total. The topological polar surface area (TPSA) is 93.7 Å². The highest BCUT2D eigenvalue weighted by atomic mass is 16.5. The Balaban J connectivity index is 1.71. The van der Waals surface area contributed by atoms with Gasteiger partial charge in [0.1, 0.15) is 5.75 Å². The van der Waals surface area contributed by atoms with E-state index >= 15 is 0 Å². The molecule has 0 aliphatic rings. The van der Waals surface area contributed by atoms with Crippen LogP contribution in [0, 0.1) is 20.8 Å². The molecule has 1 unspecified atom stereocenters. The summed E-state index contributed by atoms with van der Waals surface area (Å²) in [6, 6.07) is 13.2. The number of hydrogen-bond donors (Lipinski definition) is 2. The maximum atomic E-state index is 12.1. The molecule has 2 rings (SSSR count). The molecular formula is C23H28N2O5. The van der Waals surface area contributed by atoms with Crippen molar-refractivity contribution in [3.8, 4) is 5.75 Å². The molecule has 0 fully saturated rings. The van der Waals surface area contributed by atoms with Crippen LogP contribution in [0.3, 0.4) is 0 Å². The van der Waals surface area contributed by atoms with Crippen molar-refractivity contribution in [1.29, 1.82) is 0 Å². The molecule has 2 amide bonds. The molecule has 1 atom stereocenters. The van der Waals surface area contributed by atoms with Crippen LogP contribution in [0.1, 0.15) is 30.0 Å². The lowest BCUT2D eigenvalue weighted by Crippen LogP contribution is -2.40. The van der Waals surface area contributed by atoms with Crippen LogP contribution >= 0.6 is 0 Å². The van der Waals surface area contributed by atoms with Gasteiger partial charge in [-0.1, -0.05) is 36.4 Å². The molecule has 0 bridgehead atoms. The Kier molecular flexibility index (Phi) is 8.41. The van der Waals surface area contributed by atoms with Gasteiger partial charge in [-0.15, -0.1) is 0 Å². The van der Waals surface area contributed by atoms with Crippen LogP contribution in [-0.4, -0.2) is 37.0 Å². The first kappa shape index (κ1) is 22.9. The van der Waals surface area contributed by atoms with E-state index in [1.807, 2.05) is 63.2 Å². The van der Waals surface area contributed by atoms with E-state index in [9.17, 15) is 14.4 Å². The summed E-state index contributed by atoms with van der Waals surface area (Å²) in [5.74, 6) is -0.747. The van der Waals surface area contributed by atoms with Crippen molar-refractivity contribution in [3.63, 3.8) is 0 Å². The van der Waals surface area contributed by atoms with Crippen LogP contribution in [0.2, 0.25) is 0 Å². The first-order valence-corrected chi connectivity index (χ1v) is 9.79. The van der Waals surface area contributed by atoms with Crippen LogP contribution in [0.25, 0.3) is 0 Å². The number of para-hydroxylation sites is 2. The van der Waals surface area contributed by atoms with Gasteiger partial charge in [0.2, 0.25) is 5.91 Å². The van der Waals surface area contributed by atoms with Gasteiger partial charge in [-0.25, -0.2) is 0 Å². The molecule has 0 heterocycles. The predicted molar refractivity (Wildman–Crippen MR) is 114 cm³/mol. The van der Waals surface area contributed by atoms with Crippen molar-refractivity contribution in [3.05, 3.63) is 59.2 Å². The molecular weight excluding hydrogens is 384 g/mol. The molecule has 7 heteroatoms. The van der Waals surface area contributed by atoms with Gasteiger partial charge in [-0.2, -0.15) is 0 Å². The van der Waals surface area contributed by atoms with Gasteiger partial charge in [0.15, 0.2) is 6.10 Å². The Hall–Kier alpha value is -3.35. The average molecular weight is 412 g/mol. The zero-order chi connectivity index (χ0) is 22.1. The van der Waals surface area contributed by atoms with Crippen LogP contribution in [0.15, 0.2) is 42.5 Å². The van der Waals surface area contributed by atoms with Crippen molar-refractivity contribution in [2.24, 2.45) is 0 Å². The van der Waals surface area contributed by atoms with Gasteiger partial charge < -0.3 is 20.1 Å². The molecule has 160 valence electrons. The molecule has 0 saturated heterocycles. The molecule has 2 aromatic rings. The van der Waals surface area contributed by atoms with Gasteiger partial charge in [0.05, 0.1) is 19.6 Å². The second-order valence-electron chi connectivity index (χ2n) is 7.03. The third-order valence-corrected chi connectivity index (χ3v) is 4.50. The van der Waals surface area contributed by atoms with Crippen LogP contribution in [0.5, 0.6) is 5.75 Å². The van der Waals surface area contributed by atoms with Gasteiger partial charge >= 0.3 is 5.97 Å². The maximum Gasteiger partial charge on any atom is 0.310 e. The highest BCUT2D eigenvalue weighted by Gasteiger charge is 2.19. The second kappa shape index (κ2) is 11.0.